The molecular weight excluding hydrogens is 233 g/mol. The van der Waals surface area contributed by atoms with Crippen LogP contribution in [0.4, 0.5) is 19.1 Å². The third-order valence-corrected chi connectivity index (χ3v) is 2.20. The van der Waals surface area contributed by atoms with Crippen molar-refractivity contribution in [3.05, 3.63) is 18.0 Å². The first-order valence-corrected chi connectivity index (χ1v) is 5.34. The molecule has 0 amide bonds. The fourth-order valence-corrected chi connectivity index (χ4v) is 1.37. The maximum absolute atomic E-state index is 12.4. The van der Waals surface area contributed by atoms with Gasteiger partial charge in [-0.1, -0.05) is 13.3 Å². The zero-order chi connectivity index (χ0) is 12.9. The molecule has 1 atom stereocenters. The van der Waals surface area contributed by atoms with E-state index in [1.54, 1.807) is 0 Å². The van der Waals surface area contributed by atoms with Gasteiger partial charge in [0.05, 0.1) is 0 Å². The molecule has 3 N–H and O–H groups in total. The summed E-state index contributed by atoms with van der Waals surface area (Å²) in [5.41, 5.74) is 4.53. The van der Waals surface area contributed by atoms with E-state index >= 15 is 0 Å². The van der Waals surface area contributed by atoms with Gasteiger partial charge < -0.3 is 11.1 Å². The molecule has 0 aliphatic rings. The highest BCUT2D eigenvalue weighted by Crippen LogP contribution is 2.27. The Morgan fingerprint density at radius 3 is 2.71 bits per heavy atom. The van der Waals surface area contributed by atoms with Crippen molar-refractivity contribution < 1.29 is 13.2 Å². The van der Waals surface area contributed by atoms with E-state index in [1.807, 2.05) is 6.92 Å². The minimum absolute atomic E-state index is 0.0382. The van der Waals surface area contributed by atoms with Gasteiger partial charge in [-0.05, 0) is 12.5 Å². The fraction of sp³-hybridized carbons (Fsp3) is 0.600. The molecule has 0 saturated heterocycles. The highest BCUT2D eigenvalue weighted by Gasteiger charge is 2.32. The Hall–Kier alpha value is -1.37. The van der Waals surface area contributed by atoms with Crippen molar-refractivity contribution in [2.75, 3.05) is 11.9 Å². The number of hydrogen-bond donors (Lipinski definition) is 2. The number of aromatic nitrogens is 2. The fourth-order valence-electron chi connectivity index (χ4n) is 1.37. The summed E-state index contributed by atoms with van der Waals surface area (Å²) in [6.45, 7) is 2.30. The van der Waals surface area contributed by atoms with Crippen LogP contribution in [0.2, 0.25) is 0 Å². The predicted octanol–water partition coefficient (Wildman–Crippen LogP) is 2.03. The lowest BCUT2D eigenvalue weighted by atomic mass is 10.2. The summed E-state index contributed by atoms with van der Waals surface area (Å²) in [6, 6.07) is 0.728. The van der Waals surface area contributed by atoms with E-state index in [4.69, 9.17) is 5.73 Å². The Kier molecular flexibility index (Phi) is 4.68. The van der Waals surface area contributed by atoms with E-state index in [-0.39, 0.29) is 12.0 Å². The van der Waals surface area contributed by atoms with Gasteiger partial charge in [-0.15, -0.1) is 0 Å². The number of nitrogens with one attached hydrogen (secondary N) is 1. The minimum atomic E-state index is -4.46. The summed E-state index contributed by atoms with van der Waals surface area (Å²) >= 11 is 0. The summed E-state index contributed by atoms with van der Waals surface area (Å²) in [6.07, 6.45) is -1.73. The van der Waals surface area contributed by atoms with Crippen molar-refractivity contribution in [1.29, 1.82) is 0 Å². The van der Waals surface area contributed by atoms with Crippen LogP contribution in [0.3, 0.4) is 0 Å². The van der Waals surface area contributed by atoms with Crippen molar-refractivity contribution in [2.45, 2.75) is 32.0 Å². The van der Waals surface area contributed by atoms with Crippen LogP contribution in [-0.2, 0) is 6.18 Å². The first-order chi connectivity index (χ1) is 7.97. The third kappa shape index (κ3) is 4.18. The second-order valence-electron chi connectivity index (χ2n) is 3.63. The van der Waals surface area contributed by atoms with Crippen LogP contribution in [0.25, 0.3) is 0 Å². The second-order valence-corrected chi connectivity index (χ2v) is 3.63. The average Bonchev–Trinajstić information content (AvgIpc) is 2.28. The normalized spacial score (nSPS) is 13.5. The summed E-state index contributed by atoms with van der Waals surface area (Å²) in [7, 11) is 0. The topological polar surface area (TPSA) is 63.8 Å². The Bertz CT molecular complexity index is 354. The molecule has 0 radical (unpaired) electrons. The smallest absolute Gasteiger partial charge is 0.350 e. The van der Waals surface area contributed by atoms with Gasteiger partial charge >= 0.3 is 6.18 Å². The van der Waals surface area contributed by atoms with Gasteiger partial charge in [0.2, 0.25) is 5.95 Å². The Morgan fingerprint density at radius 1 is 1.47 bits per heavy atom. The van der Waals surface area contributed by atoms with Crippen molar-refractivity contribution in [2.24, 2.45) is 5.73 Å². The molecule has 7 heteroatoms. The molecule has 0 bridgehead atoms. The van der Waals surface area contributed by atoms with Crippen LogP contribution in [0, 0.1) is 0 Å². The minimum Gasteiger partial charge on any atom is -0.350 e. The zero-order valence-electron chi connectivity index (χ0n) is 9.46. The quantitative estimate of drug-likeness (QED) is 0.837. The van der Waals surface area contributed by atoms with Crippen LogP contribution in [0.5, 0.6) is 0 Å². The molecule has 1 heterocycles. The largest absolute Gasteiger partial charge is 0.433 e. The lowest BCUT2D eigenvalue weighted by molar-refractivity contribution is -0.141. The SMILES string of the molecule is CCCC(CN)Nc1nccc(C(F)(F)F)n1. The lowest BCUT2D eigenvalue weighted by Crippen LogP contribution is -2.29. The van der Waals surface area contributed by atoms with Gasteiger partial charge in [-0.25, -0.2) is 9.97 Å². The van der Waals surface area contributed by atoms with Crippen LogP contribution in [-0.4, -0.2) is 22.6 Å². The van der Waals surface area contributed by atoms with Crippen LogP contribution >= 0.6 is 0 Å². The monoisotopic (exact) mass is 248 g/mol. The number of halogens is 3. The third-order valence-electron chi connectivity index (χ3n) is 2.20. The van der Waals surface area contributed by atoms with Gasteiger partial charge in [0.15, 0.2) is 0 Å². The molecule has 1 aromatic heterocycles. The van der Waals surface area contributed by atoms with Crippen molar-refractivity contribution in [3.63, 3.8) is 0 Å². The van der Waals surface area contributed by atoms with E-state index in [0.29, 0.717) is 6.54 Å². The molecule has 0 aromatic carbocycles. The van der Waals surface area contributed by atoms with E-state index in [1.165, 1.54) is 0 Å². The number of hydrogen-bond acceptors (Lipinski definition) is 4. The molecule has 0 fully saturated rings. The lowest BCUT2D eigenvalue weighted by Gasteiger charge is -2.16. The van der Waals surface area contributed by atoms with Crippen molar-refractivity contribution in [3.8, 4) is 0 Å². The Morgan fingerprint density at radius 2 is 2.18 bits per heavy atom. The molecule has 1 rings (SSSR count). The number of nitrogens with two attached hydrogens (primary N) is 1. The van der Waals surface area contributed by atoms with Gasteiger partial charge in [-0.3, -0.25) is 0 Å². The van der Waals surface area contributed by atoms with Crippen molar-refractivity contribution >= 4 is 5.95 Å². The highest BCUT2D eigenvalue weighted by molar-refractivity contribution is 5.27. The van der Waals surface area contributed by atoms with Gasteiger partial charge in [0, 0.05) is 18.8 Å². The van der Waals surface area contributed by atoms with E-state index in [9.17, 15) is 13.2 Å². The summed E-state index contributed by atoms with van der Waals surface area (Å²) in [5, 5.41) is 2.79. The Balaban J connectivity index is 2.78. The maximum atomic E-state index is 12.4. The standard InChI is InChI=1S/C10H15F3N4/c1-2-3-7(6-14)16-9-15-5-4-8(17-9)10(11,12)13/h4-5,7H,2-3,6,14H2,1H3,(H,15,16,17). The number of rotatable bonds is 5. The van der Waals surface area contributed by atoms with Crippen molar-refractivity contribution in [1.82, 2.24) is 9.97 Å². The average molecular weight is 248 g/mol. The second kappa shape index (κ2) is 5.81. The molecule has 0 spiro atoms. The molecular formula is C10H15F3N4. The molecule has 1 aromatic rings. The zero-order valence-corrected chi connectivity index (χ0v) is 9.46. The summed E-state index contributed by atoms with van der Waals surface area (Å²) in [5.74, 6) is -0.0382. The first-order valence-electron chi connectivity index (χ1n) is 5.34. The molecule has 0 aliphatic carbocycles. The summed E-state index contributed by atoms with van der Waals surface area (Å²) in [4.78, 5) is 7.16. The molecule has 96 valence electrons. The van der Waals surface area contributed by atoms with Crippen LogP contribution in [0.15, 0.2) is 12.3 Å². The van der Waals surface area contributed by atoms with E-state index < -0.39 is 11.9 Å². The Labute approximate surface area is 97.4 Å². The molecule has 17 heavy (non-hydrogen) atoms. The number of alkyl halides is 3. The van der Waals surface area contributed by atoms with Gasteiger partial charge in [0.25, 0.3) is 0 Å². The van der Waals surface area contributed by atoms with Gasteiger partial charge in [-0.2, -0.15) is 13.2 Å². The van der Waals surface area contributed by atoms with Gasteiger partial charge in [0.1, 0.15) is 5.69 Å². The number of nitrogens with zero attached hydrogens (tertiary/aromatic N) is 2. The predicted molar refractivity (Wildman–Crippen MR) is 58.4 cm³/mol. The highest BCUT2D eigenvalue weighted by atomic mass is 19.4. The summed E-state index contributed by atoms with van der Waals surface area (Å²) < 4.78 is 37.2. The number of anilines is 1. The maximum Gasteiger partial charge on any atom is 0.433 e. The molecule has 0 saturated carbocycles. The molecule has 4 nitrogen and oxygen atoms in total. The van der Waals surface area contributed by atoms with E-state index in [0.717, 1.165) is 25.1 Å². The first kappa shape index (κ1) is 13.7. The van der Waals surface area contributed by atoms with E-state index in [2.05, 4.69) is 15.3 Å². The van der Waals surface area contributed by atoms with Crippen LogP contribution < -0.4 is 11.1 Å². The van der Waals surface area contributed by atoms with Crippen LogP contribution in [0.1, 0.15) is 25.5 Å². The molecule has 0 aliphatic heterocycles. The molecule has 1 unspecified atom stereocenters.